The molecule has 2 aromatic carbocycles. The van der Waals surface area contributed by atoms with E-state index in [1.165, 1.54) is 23.9 Å². The molecular weight excluding hydrogens is 456 g/mol. The van der Waals surface area contributed by atoms with Crippen molar-refractivity contribution < 1.29 is 24.2 Å². The number of thioether (sulfide) groups is 1. The summed E-state index contributed by atoms with van der Waals surface area (Å²) >= 11 is 1.26. The lowest BCUT2D eigenvalue weighted by molar-refractivity contribution is -0.113. The number of ether oxygens (including phenoxy) is 2. The third-order valence-corrected chi connectivity index (χ3v) is 5.72. The quantitative estimate of drug-likeness (QED) is 0.382. The average molecular weight is 485 g/mol. The predicted molar refractivity (Wildman–Crippen MR) is 130 cm³/mol. The molecule has 0 aliphatic heterocycles. The monoisotopic (exact) mass is 484 g/mol. The topological polar surface area (TPSA) is 116 Å². The van der Waals surface area contributed by atoms with Gasteiger partial charge in [-0.05, 0) is 43.2 Å². The molecule has 34 heavy (non-hydrogen) atoms. The molecule has 1 amide bonds. The van der Waals surface area contributed by atoms with Crippen LogP contribution < -0.4 is 14.8 Å². The molecular formula is C24H28N4O5S. The van der Waals surface area contributed by atoms with Crippen molar-refractivity contribution in [1.82, 2.24) is 14.8 Å². The summed E-state index contributed by atoms with van der Waals surface area (Å²) in [4.78, 5) is 23.6. The lowest BCUT2D eigenvalue weighted by Gasteiger charge is -2.19. The molecule has 1 heterocycles. The molecule has 9 nitrogen and oxygen atoms in total. The van der Waals surface area contributed by atoms with E-state index >= 15 is 0 Å². The van der Waals surface area contributed by atoms with Gasteiger partial charge in [-0.25, -0.2) is 4.79 Å². The first kappa shape index (κ1) is 25.1. The molecule has 10 heteroatoms. The highest BCUT2D eigenvalue weighted by Crippen LogP contribution is 2.31. The number of para-hydroxylation sites is 2. The molecule has 0 bridgehead atoms. The number of nitrogens with one attached hydrogen (secondary N) is 1. The van der Waals surface area contributed by atoms with Gasteiger partial charge in [0.25, 0.3) is 0 Å². The molecule has 0 radical (unpaired) electrons. The summed E-state index contributed by atoms with van der Waals surface area (Å²) in [6.07, 6.45) is -0.399. The van der Waals surface area contributed by atoms with Crippen molar-refractivity contribution >= 4 is 29.3 Å². The number of anilines is 1. The number of benzene rings is 2. The van der Waals surface area contributed by atoms with Crippen molar-refractivity contribution in [1.29, 1.82) is 0 Å². The van der Waals surface area contributed by atoms with Gasteiger partial charge in [0.05, 0.1) is 18.4 Å². The first-order valence-corrected chi connectivity index (χ1v) is 11.8. The molecule has 0 spiro atoms. The summed E-state index contributed by atoms with van der Waals surface area (Å²) in [6, 6.07) is 13.5. The predicted octanol–water partition coefficient (Wildman–Crippen LogP) is 4.51. The number of methoxy groups -OCH3 is 1. The first-order chi connectivity index (χ1) is 16.3. The van der Waals surface area contributed by atoms with Crippen LogP contribution in [0.15, 0.2) is 53.7 Å². The van der Waals surface area contributed by atoms with Gasteiger partial charge in [-0.2, -0.15) is 0 Å². The van der Waals surface area contributed by atoms with Gasteiger partial charge in [0.15, 0.2) is 28.6 Å². The number of carbonyl (C=O) groups is 2. The molecule has 2 N–H and O–H groups in total. The minimum atomic E-state index is -1.05. The van der Waals surface area contributed by atoms with E-state index in [-0.39, 0.29) is 17.2 Å². The zero-order chi connectivity index (χ0) is 24.7. The minimum absolute atomic E-state index is 0.0925. The number of rotatable bonds is 11. The molecule has 3 aromatic rings. The van der Waals surface area contributed by atoms with E-state index in [1.807, 2.05) is 35.8 Å². The van der Waals surface area contributed by atoms with Crippen molar-refractivity contribution in [2.24, 2.45) is 5.92 Å². The van der Waals surface area contributed by atoms with E-state index in [0.29, 0.717) is 40.6 Å². The molecule has 0 aliphatic rings. The van der Waals surface area contributed by atoms with Crippen LogP contribution in [0.5, 0.6) is 11.5 Å². The zero-order valence-corrected chi connectivity index (χ0v) is 20.3. The summed E-state index contributed by atoms with van der Waals surface area (Å²) in [5.41, 5.74) is 0.532. The van der Waals surface area contributed by atoms with E-state index in [1.54, 1.807) is 19.2 Å². The van der Waals surface area contributed by atoms with Crippen molar-refractivity contribution in [3.05, 3.63) is 59.9 Å². The smallest absolute Gasteiger partial charge is 0.335 e. The minimum Gasteiger partial charge on any atom is -0.493 e. The molecule has 1 atom stereocenters. The van der Waals surface area contributed by atoms with E-state index in [2.05, 4.69) is 29.4 Å². The van der Waals surface area contributed by atoms with E-state index in [0.717, 1.165) is 0 Å². The Morgan fingerprint density at radius 2 is 1.82 bits per heavy atom. The Kier molecular flexibility index (Phi) is 8.53. The van der Waals surface area contributed by atoms with Gasteiger partial charge in [-0.1, -0.05) is 43.8 Å². The maximum atomic E-state index is 12.5. The van der Waals surface area contributed by atoms with Crippen LogP contribution in [-0.4, -0.2) is 44.6 Å². The Labute approximate surface area is 202 Å². The summed E-state index contributed by atoms with van der Waals surface area (Å²) in [5.74, 6) is 0.971. The highest BCUT2D eigenvalue weighted by atomic mass is 32.2. The summed E-state index contributed by atoms with van der Waals surface area (Å²) in [6.45, 7) is 6.73. The number of carboxylic acids is 1. The summed E-state index contributed by atoms with van der Waals surface area (Å²) < 4.78 is 13.4. The lowest BCUT2D eigenvalue weighted by atomic mass is 10.2. The van der Waals surface area contributed by atoms with Crippen LogP contribution in [0.2, 0.25) is 0 Å². The van der Waals surface area contributed by atoms with Crippen LogP contribution in [0.4, 0.5) is 5.69 Å². The van der Waals surface area contributed by atoms with E-state index in [4.69, 9.17) is 14.6 Å². The highest BCUT2D eigenvalue weighted by molar-refractivity contribution is 7.99. The lowest BCUT2D eigenvalue weighted by Crippen LogP contribution is -2.17. The van der Waals surface area contributed by atoms with E-state index < -0.39 is 12.1 Å². The van der Waals surface area contributed by atoms with Crippen LogP contribution in [0.25, 0.3) is 0 Å². The molecule has 1 aromatic heterocycles. The third kappa shape index (κ3) is 6.50. The normalized spacial score (nSPS) is 11.8. The molecule has 0 aliphatic carbocycles. The Bertz CT molecular complexity index is 1150. The average Bonchev–Trinajstić information content (AvgIpc) is 3.20. The van der Waals surface area contributed by atoms with Crippen LogP contribution in [-0.2, 0) is 11.3 Å². The van der Waals surface area contributed by atoms with Gasteiger partial charge in [0.2, 0.25) is 5.91 Å². The van der Waals surface area contributed by atoms with E-state index in [9.17, 15) is 9.59 Å². The third-order valence-electron chi connectivity index (χ3n) is 4.76. The van der Waals surface area contributed by atoms with Gasteiger partial charge in [0, 0.05) is 12.2 Å². The Morgan fingerprint density at radius 1 is 1.09 bits per heavy atom. The second-order valence-electron chi connectivity index (χ2n) is 7.98. The second-order valence-corrected chi connectivity index (χ2v) is 8.92. The van der Waals surface area contributed by atoms with Gasteiger partial charge in [0.1, 0.15) is 0 Å². The molecule has 0 fully saturated rings. The number of carboxylic acid groups (broad SMARTS) is 1. The standard InChI is InChI=1S/C24H28N4O5S/c1-15(2)13-28-22(16(3)33-20-11-6-5-10-19(20)32-4)26-27-24(28)34-14-21(29)25-18-9-7-8-17(12-18)23(30)31/h5-12,15-16H,13-14H2,1-4H3,(H,25,29)(H,30,31). The van der Waals surface area contributed by atoms with Crippen LogP contribution in [0, 0.1) is 5.92 Å². The Hall–Kier alpha value is -3.53. The fourth-order valence-electron chi connectivity index (χ4n) is 3.26. The Balaban J connectivity index is 1.71. The van der Waals surface area contributed by atoms with Gasteiger partial charge in [-0.3, -0.25) is 4.79 Å². The van der Waals surface area contributed by atoms with Crippen molar-refractivity contribution in [3.8, 4) is 11.5 Å². The first-order valence-electron chi connectivity index (χ1n) is 10.8. The maximum absolute atomic E-state index is 12.5. The second kappa shape index (κ2) is 11.6. The van der Waals surface area contributed by atoms with Crippen molar-refractivity contribution in [2.45, 2.75) is 38.6 Å². The number of carbonyl (C=O) groups excluding carboxylic acids is 1. The van der Waals surface area contributed by atoms with Crippen molar-refractivity contribution in [2.75, 3.05) is 18.2 Å². The number of amides is 1. The van der Waals surface area contributed by atoms with Crippen molar-refractivity contribution in [3.63, 3.8) is 0 Å². The molecule has 3 rings (SSSR count). The maximum Gasteiger partial charge on any atom is 0.335 e. The fraction of sp³-hybridized carbons (Fsp3) is 0.333. The number of hydrogen-bond acceptors (Lipinski definition) is 7. The SMILES string of the molecule is COc1ccccc1OC(C)c1nnc(SCC(=O)Nc2cccc(C(=O)O)c2)n1CC(C)C. The summed E-state index contributed by atoms with van der Waals surface area (Å²) in [7, 11) is 1.59. The molecule has 0 saturated heterocycles. The zero-order valence-electron chi connectivity index (χ0n) is 19.5. The fourth-order valence-corrected chi connectivity index (χ4v) is 4.02. The molecule has 180 valence electrons. The number of aromatic carboxylic acids is 1. The van der Waals surface area contributed by atoms with Gasteiger partial charge in [-0.15, -0.1) is 10.2 Å². The van der Waals surface area contributed by atoms with Gasteiger partial charge < -0.3 is 24.5 Å². The van der Waals surface area contributed by atoms with Crippen LogP contribution >= 0.6 is 11.8 Å². The van der Waals surface area contributed by atoms with Crippen LogP contribution in [0.3, 0.4) is 0 Å². The van der Waals surface area contributed by atoms with Crippen LogP contribution in [0.1, 0.15) is 43.1 Å². The number of aromatic nitrogens is 3. The highest BCUT2D eigenvalue weighted by Gasteiger charge is 2.22. The number of hydrogen-bond donors (Lipinski definition) is 2. The largest absolute Gasteiger partial charge is 0.493 e. The number of nitrogens with zero attached hydrogens (tertiary/aromatic N) is 3. The molecule has 1 unspecified atom stereocenters. The summed E-state index contributed by atoms with van der Waals surface area (Å²) in [5, 5.41) is 21.1. The molecule has 0 saturated carbocycles. The Morgan fingerprint density at radius 3 is 2.50 bits per heavy atom. The van der Waals surface area contributed by atoms with Gasteiger partial charge >= 0.3 is 5.97 Å².